The van der Waals surface area contributed by atoms with Crippen LogP contribution in [0.15, 0.2) is 59.5 Å². The number of aromatic nitrogens is 3. The molecule has 0 fully saturated rings. The maximum Gasteiger partial charge on any atom is 0.245 e. The van der Waals surface area contributed by atoms with Gasteiger partial charge in [0.05, 0.1) is 5.69 Å². The molecule has 0 aliphatic heterocycles. The molecular weight excluding hydrogens is 214 g/mol. The lowest BCUT2D eigenvalue weighted by atomic mass is 10.3. The summed E-state index contributed by atoms with van der Waals surface area (Å²) in [4.78, 5) is 12.8. The fourth-order valence-corrected chi connectivity index (χ4v) is 1.51. The molecule has 0 saturated heterocycles. The van der Waals surface area contributed by atoms with Crippen LogP contribution in [0.4, 0.5) is 0 Å². The molecule has 3 aromatic heterocycles. The zero-order valence-electron chi connectivity index (χ0n) is 8.95. The largest absolute Gasteiger partial charge is 0.443 e. The van der Waals surface area contributed by atoms with E-state index in [1.807, 2.05) is 36.4 Å². The average molecular weight is 223 g/mol. The maximum atomic E-state index is 5.39. The SMILES string of the molecule is c1ccc(-c2coc(-c3ccccn3)n2)nc1. The van der Waals surface area contributed by atoms with Crippen molar-refractivity contribution >= 4 is 0 Å². The molecule has 4 nitrogen and oxygen atoms in total. The number of rotatable bonds is 2. The Balaban J connectivity index is 1.99. The van der Waals surface area contributed by atoms with Crippen molar-refractivity contribution in [3.8, 4) is 23.0 Å². The summed E-state index contributed by atoms with van der Waals surface area (Å²) in [5, 5.41) is 0. The van der Waals surface area contributed by atoms with Crippen molar-refractivity contribution < 1.29 is 4.42 Å². The Labute approximate surface area is 98.0 Å². The van der Waals surface area contributed by atoms with Crippen LogP contribution in [0.5, 0.6) is 0 Å². The Morgan fingerprint density at radius 2 is 1.47 bits per heavy atom. The van der Waals surface area contributed by atoms with Gasteiger partial charge in [-0.25, -0.2) is 4.98 Å². The van der Waals surface area contributed by atoms with Gasteiger partial charge in [0.25, 0.3) is 0 Å². The summed E-state index contributed by atoms with van der Waals surface area (Å²) < 4.78 is 5.39. The maximum absolute atomic E-state index is 5.39. The highest BCUT2D eigenvalue weighted by Gasteiger charge is 2.09. The third-order valence-electron chi connectivity index (χ3n) is 2.32. The van der Waals surface area contributed by atoms with Crippen molar-refractivity contribution in [2.24, 2.45) is 0 Å². The van der Waals surface area contributed by atoms with Crippen LogP contribution < -0.4 is 0 Å². The summed E-state index contributed by atoms with van der Waals surface area (Å²) in [6.45, 7) is 0. The van der Waals surface area contributed by atoms with Gasteiger partial charge < -0.3 is 4.42 Å². The van der Waals surface area contributed by atoms with E-state index in [1.165, 1.54) is 0 Å². The molecule has 0 bridgehead atoms. The number of pyridine rings is 2. The minimum Gasteiger partial charge on any atom is -0.443 e. The molecule has 3 rings (SSSR count). The number of nitrogens with zero attached hydrogens (tertiary/aromatic N) is 3. The molecule has 0 aromatic carbocycles. The first kappa shape index (κ1) is 9.72. The lowest BCUT2D eigenvalue weighted by Gasteiger charge is -1.92. The first-order chi connectivity index (χ1) is 8.43. The summed E-state index contributed by atoms with van der Waals surface area (Å²) in [5.41, 5.74) is 2.22. The molecule has 3 aromatic rings. The van der Waals surface area contributed by atoms with E-state index in [1.54, 1.807) is 18.7 Å². The van der Waals surface area contributed by atoms with E-state index in [0.29, 0.717) is 11.6 Å². The highest BCUT2D eigenvalue weighted by atomic mass is 16.3. The van der Waals surface area contributed by atoms with E-state index in [9.17, 15) is 0 Å². The molecule has 0 atom stereocenters. The second-order valence-corrected chi connectivity index (χ2v) is 3.47. The van der Waals surface area contributed by atoms with Gasteiger partial charge in [-0.05, 0) is 24.3 Å². The van der Waals surface area contributed by atoms with Gasteiger partial charge in [0.15, 0.2) is 0 Å². The van der Waals surface area contributed by atoms with Crippen molar-refractivity contribution in [2.45, 2.75) is 0 Å². The lowest BCUT2D eigenvalue weighted by molar-refractivity contribution is 0.572. The van der Waals surface area contributed by atoms with Gasteiger partial charge in [-0.2, -0.15) is 0 Å². The summed E-state index contributed by atoms with van der Waals surface area (Å²) in [5.74, 6) is 0.506. The molecule has 17 heavy (non-hydrogen) atoms. The zero-order chi connectivity index (χ0) is 11.5. The molecule has 0 unspecified atom stereocenters. The summed E-state index contributed by atoms with van der Waals surface area (Å²) in [6.07, 6.45) is 5.02. The van der Waals surface area contributed by atoms with Crippen LogP contribution in [0.1, 0.15) is 0 Å². The normalized spacial score (nSPS) is 10.4. The Hall–Kier alpha value is -2.49. The van der Waals surface area contributed by atoms with Crippen LogP contribution in [0.25, 0.3) is 23.0 Å². The van der Waals surface area contributed by atoms with Crippen LogP contribution >= 0.6 is 0 Å². The smallest absolute Gasteiger partial charge is 0.245 e. The molecule has 3 heterocycles. The number of hydrogen-bond donors (Lipinski definition) is 0. The highest BCUT2D eigenvalue weighted by Crippen LogP contribution is 2.21. The fraction of sp³-hybridized carbons (Fsp3) is 0. The predicted molar refractivity (Wildman–Crippen MR) is 63.0 cm³/mol. The first-order valence-corrected chi connectivity index (χ1v) is 5.22. The van der Waals surface area contributed by atoms with Gasteiger partial charge in [0.2, 0.25) is 5.89 Å². The Bertz CT molecular complexity index is 551. The summed E-state index contributed by atoms with van der Waals surface area (Å²) in [6, 6.07) is 11.3. The predicted octanol–water partition coefficient (Wildman–Crippen LogP) is 2.80. The summed E-state index contributed by atoms with van der Waals surface area (Å²) >= 11 is 0. The van der Waals surface area contributed by atoms with E-state index in [-0.39, 0.29) is 0 Å². The Kier molecular flexibility index (Phi) is 2.38. The molecule has 4 heteroatoms. The Morgan fingerprint density at radius 3 is 2.12 bits per heavy atom. The molecule has 0 N–H and O–H groups in total. The van der Waals surface area contributed by atoms with Crippen LogP contribution in [-0.2, 0) is 0 Å². The minimum atomic E-state index is 0.506. The third kappa shape index (κ3) is 1.92. The molecule has 0 aliphatic rings. The second kappa shape index (κ2) is 4.17. The highest BCUT2D eigenvalue weighted by molar-refractivity contribution is 5.57. The van der Waals surface area contributed by atoms with Crippen molar-refractivity contribution in [2.75, 3.05) is 0 Å². The van der Waals surface area contributed by atoms with Gasteiger partial charge in [0.1, 0.15) is 17.7 Å². The van der Waals surface area contributed by atoms with Gasteiger partial charge in [-0.1, -0.05) is 12.1 Å². The fourth-order valence-electron chi connectivity index (χ4n) is 1.51. The zero-order valence-corrected chi connectivity index (χ0v) is 8.95. The molecule has 0 saturated carbocycles. The van der Waals surface area contributed by atoms with Crippen molar-refractivity contribution in [1.82, 2.24) is 15.0 Å². The van der Waals surface area contributed by atoms with Gasteiger partial charge in [0, 0.05) is 12.4 Å². The van der Waals surface area contributed by atoms with Gasteiger partial charge in [-0.15, -0.1) is 0 Å². The molecule has 0 radical (unpaired) electrons. The summed E-state index contributed by atoms with van der Waals surface area (Å²) in [7, 11) is 0. The van der Waals surface area contributed by atoms with Crippen molar-refractivity contribution in [3.63, 3.8) is 0 Å². The van der Waals surface area contributed by atoms with Gasteiger partial charge >= 0.3 is 0 Å². The molecule has 0 spiro atoms. The number of hydrogen-bond acceptors (Lipinski definition) is 4. The van der Waals surface area contributed by atoms with E-state index in [0.717, 1.165) is 11.4 Å². The molecule has 82 valence electrons. The quantitative estimate of drug-likeness (QED) is 0.670. The third-order valence-corrected chi connectivity index (χ3v) is 2.32. The molecular formula is C13H9N3O. The molecule has 0 amide bonds. The first-order valence-electron chi connectivity index (χ1n) is 5.22. The van der Waals surface area contributed by atoms with Crippen LogP contribution in [0.2, 0.25) is 0 Å². The van der Waals surface area contributed by atoms with Crippen LogP contribution in [0.3, 0.4) is 0 Å². The monoisotopic (exact) mass is 223 g/mol. The topological polar surface area (TPSA) is 51.8 Å². The average Bonchev–Trinajstić information content (AvgIpc) is 2.90. The van der Waals surface area contributed by atoms with Crippen LogP contribution in [0, 0.1) is 0 Å². The molecule has 0 aliphatic carbocycles. The van der Waals surface area contributed by atoms with Crippen molar-refractivity contribution in [3.05, 3.63) is 55.1 Å². The lowest BCUT2D eigenvalue weighted by Crippen LogP contribution is -1.84. The second-order valence-electron chi connectivity index (χ2n) is 3.47. The van der Waals surface area contributed by atoms with E-state index in [2.05, 4.69) is 15.0 Å². The van der Waals surface area contributed by atoms with Gasteiger partial charge in [-0.3, -0.25) is 9.97 Å². The van der Waals surface area contributed by atoms with E-state index in [4.69, 9.17) is 4.42 Å². The van der Waals surface area contributed by atoms with Crippen LogP contribution in [-0.4, -0.2) is 15.0 Å². The number of oxazole rings is 1. The standard InChI is InChI=1S/C13H9N3O/c1-3-7-14-10(5-1)12-9-17-13(16-12)11-6-2-4-8-15-11/h1-9H. The van der Waals surface area contributed by atoms with E-state index >= 15 is 0 Å². The Morgan fingerprint density at radius 1 is 0.765 bits per heavy atom. The van der Waals surface area contributed by atoms with E-state index < -0.39 is 0 Å². The van der Waals surface area contributed by atoms with Crippen molar-refractivity contribution in [1.29, 1.82) is 0 Å². The minimum absolute atomic E-state index is 0.506.